The average molecular weight is 367 g/mol. The molecule has 0 N–H and O–H groups in total. The van der Waals surface area contributed by atoms with Gasteiger partial charge in [-0.05, 0) is 35.7 Å². The highest BCUT2D eigenvalue weighted by atomic mass is 32.1. The fraction of sp³-hybridized carbons (Fsp3) is 0.600. The highest BCUT2D eigenvalue weighted by Gasteiger charge is 2.15. The fourth-order valence-electron chi connectivity index (χ4n) is 2.58. The minimum Gasteiger partial charge on any atom is -0.492 e. The van der Waals surface area contributed by atoms with E-state index in [1.807, 2.05) is 0 Å². The molecular formula is C20H30O2S2. The van der Waals surface area contributed by atoms with Gasteiger partial charge in [0, 0.05) is 0 Å². The molecule has 0 spiro atoms. The fourth-order valence-corrected chi connectivity index (χ4v) is 4.42. The molecule has 0 aliphatic carbocycles. The lowest BCUT2D eigenvalue weighted by Crippen LogP contribution is -1.98. The molecule has 0 fully saturated rings. The van der Waals surface area contributed by atoms with Crippen molar-refractivity contribution in [2.45, 2.75) is 65.2 Å². The Balaban J connectivity index is 1.88. The molecule has 2 nitrogen and oxygen atoms in total. The summed E-state index contributed by atoms with van der Waals surface area (Å²) >= 11 is 3.48. The second-order valence-corrected chi connectivity index (χ2v) is 7.88. The lowest BCUT2D eigenvalue weighted by atomic mass is 10.2. The van der Waals surface area contributed by atoms with Gasteiger partial charge in [0.25, 0.3) is 0 Å². The Morgan fingerprint density at radius 1 is 0.667 bits per heavy atom. The molecule has 24 heavy (non-hydrogen) atoms. The first kappa shape index (κ1) is 19.3. The molecule has 0 atom stereocenters. The predicted octanol–water partition coefficient (Wildman–Crippen LogP) is 7.39. The van der Waals surface area contributed by atoms with Gasteiger partial charge >= 0.3 is 0 Å². The SMILES string of the molecule is CCCCCCOc1ccsc1-c1sccc1OCCCCCC. The van der Waals surface area contributed by atoms with Gasteiger partial charge in [0.05, 0.1) is 23.0 Å². The van der Waals surface area contributed by atoms with Crippen molar-refractivity contribution < 1.29 is 9.47 Å². The Bertz CT molecular complexity index is 509. The summed E-state index contributed by atoms with van der Waals surface area (Å²) in [5, 5.41) is 4.23. The maximum Gasteiger partial charge on any atom is 0.138 e. The van der Waals surface area contributed by atoms with Crippen LogP contribution in [0.4, 0.5) is 0 Å². The quantitative estimate of drug-likeness (QED) is 0.344. The lowest BCUT2D eigenvalue weighted by Gasteiger charge is -2.09. The summed E-state index contributed by atoms with van der Waals surface area (Å²) in [7, 11) is 0. The van der Waals surface area contributed by atoms with Crippen LogP contribution in [0.15, 0.2) is 22.9 Å². The van der Waals surface area contributed by atoms with E-state index in [0.29, 0.717) is 0 Å². The number of ether oxygens (including phenoxy) is 2. The van der Waals surface area contributed by atoms with E-state index in [0.717, 1.165) is 37.6 Å². The van der Waals surface area contributed by atoms with Crippen molar-refractivity contribution in [3.63, 3.8) is 0 Å². The molecule has 2 aromatic rings. The van der Waals surface area contributed by atoms with Crippen LogP contribution in [0.2, 0.25) is 0 Å². The van der Waals surface area contributed by atoms with Crippen molar-refractivity contribution in [1.29, 1.82) is 0 Å². The van der Waals surface area contributed by atoms with E-state index >= 15 is 0 Å². The van der Waals surface area contributed by atoms with Crippen LogP contribution in [0.25, 0.3) is 9.75 Å². The van der Waals surface area contributed by atoms with Crippen LogP contribution < -0.4 is 9.47 Å². The third-order valence-corrected chi connectivity index (χ3v) is 5.93. The number of rotatable bonds is 13. The maximum atomic E-state index is 6.02. The second kappa shape index (κ2) is 11.5. The van der Waals surface area contributed by atoms with Gasteiger partial charge in [0.2, 0.25) is 0 Å². The van der Waals surface area contributed by atoms with Crippen molar-refractivity contribution in [1.82, 2.24) is 0 Å². The average Bonchev–Trinajstić information content (AvgIpc) is 3.23. The normalized spacial score (nSPS) is 10.9. The van der Waals surface area contributed by atoms with Gasteiger partial charge in [-0.2, -0.15) is 0 Å². The Kier molecular flexibility index (Phi) is 9.29. The summed E-state index contributed by atoms with van der Waals surface area (Å²) in [5.41, 5.74) is 0. The molecule has 0 aliphatic rings. The zero-order valence-corrected chi connectivity index (χ0v) is 16.6. The zero-order valence-electron chi connectivity index (χ0n) is 15.0. The van der Waals surface area contributed by atoms with E-state index in [-0.39, 0.29) is 0 Å². The summed E-state index contributed by atoms with van der Waals surface area (Å²) in [6.45, 7) is 6.08. The van der Waals surface area contributed by atoms with Gasteiger partial charge in [0.1, 0.15) is 11.5 Å². The molecule has 0 saturated heterocycles. The molecule has 2 aromatic heterocycles. The van der Waals surface area contributed by atoms with Crippen LogP contribution in [0.5, 0.6) is 11.5 Å². The molecule has 0 bridgehead atoms. The monoisotopic (exact) mass is 366 g/mol. The molecule has 0 amide bonds. The first-order valence-corrected chi connectivity index (χ1v) is 11.0. The molecule has 0 unspecified atom stereocenters. The van der Waals surface area contributed by atoms with Crippen LogP contribution in [0.1, 0.15) is 65.2 Å². The van der Waals surface area contributed by atoms with Crippen molar-refractivity contribution in [3.8, 4) is 21.3 Å². The van der Waals surface area contributed by atoms with Crippen LogP contribution >= 0.6 is 22.7 Å². The summed E-state index contributed by atoms with van der Waals surface area (Å²) in [4.78, 5) is 2.42. The van der Waals surface area contributed by atoms with Gasteiger partial charge in [0.15, 0.2) is 0 Å². The third kappa shape index (κ3) is 6.14. The van der Waals surface area contributed by atoms with Crippen LogP contribution in [0, 0.1) is 0 Å². The standard InChI is InChI=1S/C20H30O2S2/c1-3-5-7-9-13-21-17-11-15-23-19(17)20-18(12-16-24-20)22-14-10-8-6-4-2/h11-12,15-16H,3-10,13-14H2,1-2H3. The Hall–Kier alpha value is -1.00. The number of hydrogen-bond acceptors (Lipinski definition) is 4. The smallest absolute Gasteiger partial charge is 0.138 e. The highest BCUT2D eigenvalue weighted by Crippen LogP contribution is 2.44. The molecule has 0 aromatic carbocycles. The molecule has 0 radical (unpaired) electrons. The van der Waals surface area contributed by atoms with E-state index in [2.05, 4.69) is 36.7 Å². The first-order valence-electron chi connectivity index (χ1n) is 9.27. The zero-order chi connectivity index (χ0) is 17.0. The van der Waals surface area contributed by atoms with Crippen LogP contribution in [-0.4, -0.2) is 13.2 Å². The third-order valence-electron chi connectivity index (χ3n) is 3.98. The molecular weight excluding hydrogens is 336 g/mol. The maximum absolute atomic E-state index is 6.02. The van der Waals surface area contributed by atoms with Crippen molar-refractivity contribution in [3.05, 3.63) is 22.9 Å². The number of hydrogen-bond donors (Lipinski definition) is 0. The van der Waals surface area contributed by atoms with Gasteiger partial charge in [-0.15, -0.1) is 22.7 Å². The Labute approximate surface area is 154 Å². The Morgan fingerprint density at radius 3 is 1.54 bits per heavy atom. The van der Waals surface area contributed by atoms with Gasteiger partial charge in [-0.25, -0.2) is 0 Å². The summed E-state index contributed by atoms with van der Waals surface area (Å²) in [6.07, 6.45) is 9.88. The minimum absolute atomic E-state index is 0.808. The van der Waals surface area contributed by atoms with E-state index in [1.165, 1.54) is 48.3 Å². The van der Waals surface area contributed by atoms with Crippen molar-refractivity contribution in [2.24, 2.45) is 0 Å². The van der Waals surface area contributed by atoms with Crippen LogP contribution in [0.3, 0.4) is 0 Å². The second-order valence-electron chi connectivity index (χ2n) is 6.05. The lowest BCUT2D eigenvalue weighted by molar-refractivity contribution is 0.303. The largest absolute Gasteiger partial charge is 0.492 e. The van der Waals surface area contributed by atoms with Crippen molar-refractivity contribution in [2.75, 3.05) is 13.2 Å². The molecule has 4 heteroatoms. The molecule has 0 saturated carbocycles. The summed E-state index contributed by atoms with van der Waals surface area (Å²) < 4.78 is 12.0. The molecule has 2 heterocycles. The van der Waals surface area contributed by atoms with E-state index in [1.54, 1.807) is 22.7 Å². The van der Waals surface area contributed by atoms with Gasteiger partial charge in [-0.3, -0.25) is 0 Å². The number of unbranched alkanes of at least 4 members (excludes halogenated alkanes) is 6. The molecule has 134 valence electrons. The Morgan fingerprint density at radius 2 is 1.12 bits per heavy atom. The summed E-state index contributed by atoms with van der Waals surface area (Å²) in [5.74, 6) is 2.02. The minimum atomic E-state index is 0.808. The highest BCUT2D eigenvalue weighted by molar-refractivity contribution is 7.21. The van der Waals surface area contributed by atoms with E-state index in [4.69, 9.17) is 9.47 Å². The molecule has 2 rings (SSSR count). The van der Waals surface area contributed by atoms with E-state index < -0.39 is 0 Å². The number of thiophene rings is 2. The topological polar surface area (TPSA) is 18.5 Å². The predicted molar refractivity (Wildman–Crippen MR) is 107 cm³/mol. The van der Waals surface area contributed by atoms with Gasteiger partial charge in [-0.1, -0.05) is 52.4 Å². The van der Waals surface area contributed by atoms with Crippen LogP contribution in [-0.2, 0) is 0 Å². The first-order chi connectivity index (χ1) is 11.9. The summed E-state index contributed by atoms with van der Waals surface area (Å²) in [6, 6.07) is 4.18. The van der Waals surface area contributed by atoms with Crippen molar-refractivity contribution >= 4 is 22.7 Å². The van der Waals surface area contributed by atoms with Gasteiger partial charge < -0.3 is 9.47 Å². The molecule has 0 aliphatic heterocycles. The van der Waals surface area contributed by atoms with E-state index in [9.17, 15) is 0 Å².